The van der Waals surface area contributed by atoms with Crippen molar-refractivity contribution in [1.82, 2.24) is 0 Å². The number of rotatable bonds is 4. The van der Waals surface area contributed by atoms with E-state index in [0.29, 0.717) is 28.5 Å². The van der Waals surface area contributed by atoms with Gasteiger partial charge in [0.15, 0.2) is 0 Å². The highest BCUT2D eigenvalue weighted by molar-refractivity contribution is 5.75. The minimum Gasteiger partial charge on any atom is -0.353 e. The molecule has 0 saturated carbocycles. The van der Waals surface area contributed by atoms with Crippen LogP contribution in [0.25, 0.3) is 0 Å². The Morgan fingerprint density at radius 1 is 1.15 bits per heavy atom. The minimum atomic E-state index is 0.323. The quantitative estimate of drug-likeness (QED) is 0.805. The number of hydrogen-bond acceptors (Lipinski definition) is 4. The predicted molar refractivity (Wildman–Crippen MR) is 80.4 cm³/mol. The van der Waals surface area contributed by atoms with E-state index in [-0.39, 0.29) is 0 Å². The lowest BCUT2D eigenvalue weighted by Gasteiger charge is -2.12. The van der Waals surface area contributed by atoms with Crippen molar-refractivity contribution < 1.29 is 0 Å². The molecule has 0 aliphatic rings. The monoisotopic (exact) mass is 265 g/mol. The SMILES string of the molecule is CC(C)c1ccc(Nc2ccccc2N=O)c(C#N)c1. The normalized spacial score (nSPS) is 10.1. The smallest absolute Gasteiger partial charge is 0.131 e. The zero-order valence-corrected chi connectivity index (χ0v) is 11.4. The summed E-state index contributed by atoms with van der Waals surface area (Å²) in [5, 5.41) is 15.3. The molecule has 0 atom stereocenters. The molecule has 4 nitrogen and oxygen atoms in total. The Morgan fingerprint density at radius 2 is 1.90 bits per heavy atom. The van der Waals surface area contributed by atoms with Gasteiger partial charge in [0.1, 0.15) is 11.8 Å². The molecule has 0 aliphatic carbocycles. The van der Waals surface area contributed by atoms with Crippen molar-refractivity contribution in [1.29, 1.82) is 5.26 Å². The first kappa shape index (κ1) is 13.8. The molecule has 1 N–H and O–H groups in total. The number of nitroso groups, excluding NO2 is 1. The predicted octanol–water partition coefficient (Wildman–Crippen LogP) is 4.82. The van der Waals surface area contributed by atoms with E-state index in [0.717, 1.165) is 5.56 Å². The van der Waals surface area contributed by atoms with Crippen LogP contribution in [0.15, 0.2) is 47.6 Å². The van der Waals surface area contributed by atoms with Crippen LogP contribution in [0.3, 0.4) is 0 Å². The summed E-state index contributed by atoms with van der Waals surface area (Å²) < 4.78 is 0. The van der Waals surface area contributed by atoms with Crippen LogP contribution in [-0.4, -0.2) is 0 Å². The van der Waals surface area contributed by atoms with Gasteiger partial charge in [0.2, 0.25) is 0 Å². The maximum Gasteiger partial charge on any atom is 0.131 e. The third kappa shape index (κ3) is 2.83. The Bertz CT molecular complexity index is 672. The summed E-state index contributed by atoms with van der Waals surface area (Å²) in [6.07, 6.45) is 0. The minimum absolute atomic E-state index is 0.323. The highest BCUT2D eigenvalue weighted by atomic mass is 16.3. The van der Waals surface area contributed by atoms with Gasteiger partial charge in [-0.2, -0.15) is 5.26 Å². The summed E-state index contributed by atoms with van der Waals surface area (Å²) in [6, 6.07) is 14.8. The summed E-state index contributed by atoms with van der Waals surface area (Å²) in [5.74, 6) is 0.361. The summed E-state index contributed by atoms with van der Waals surface area (Å²) in [6.45, 7) is 4.16. The molecule has 0 heterocycles. The molecule has 20 heavy (non-hydrogen) atoms. The van der Waals surface area contributed by atoms with Crippen LogP contribution in [-0.2, 0) is 0 Å². The highest BCUT2D eigenvalue weighted by Crippen LogP contribution is 2.30. The molecule has 100 valence electrons. The summed E-state index contributed by atoms with van der Waals surface area (Å²) in [5.41, 5.74) is 3.25. The highest BCUT2D eigenvalue weighted by Gasteiger charge is 2.08. The fourth-order valence-corrected chi connectivity index (χ4v) is 1.93. The Morgan fingerprint density at radius 3 is 2.55 bits per heavy atom. The summed E-state index contributed by atoms with van der Waals surface area (Å²) in [7, 11) is 0. The van der Waals surface area contributed by atoms with E-state index < -0.39 is 0 Å². The van der Waals surface area contributed by atoms with Crippen molar-refractivity contribution >= 4 is 17.1 Å². The lowest BCUT2D eigenvalue weighted by Crippen LogP contribution is -1.96. The Kier molecular flexibility index (Phi) is 4.11. The first-order chi connectivity index (χ1) is 9.65. The van der Waals surface area contributed by atoms with Gasteiger partial charge in [-0.25, -0.2) is 0 Å². The molecular formula is C16H15N3O. The second-order valence-corrected chi connectivity index (χ2v) is 4.80. The van der Waals surface area contributed by atoms with Gasteiger partial charge < -0.3 is 5.32 Å². The van der Waals surface area contributed by atoms with E-state index in [2.05, 4.69) is 30.4 Å². The lowest BCUT2D eigenvalue weighted by atomic mass is 10.00. The standard InChI is InChI=1S/C16H15N3O/c1-11(2)12-7-8-14(13(9-12)10-17)18-15-5-3-4-6-16(15)19-20/h3-9,11,18H,1-2H3. The number of nitriles is 1. The van der Waals surface area contributed by atoms with Gasteiger partial charge in [-0.3, -0.25) is 0 Å². The van der Waals surface area contributed by atoms with Gasteiger partial charge in [-0.05, 0) is 40.9 Å². The molecule has 0 aromatic heterocycles. The van der Waals surface area contributed by atoms with Crippen LogP contribution in [0, 0.1) is 16.2 Å². The topological polar surface area (TPSA) is 65.2 Å². The van der Waals surface area contributed by atoms with Gasteiger partial charge in [-0.15, -0.1) is 4.91 Å². The fraction of sp³-hybridized carbons (Fsp3) is 0.188. The van der Waals surface area contributed by atoms with Crippen molar-refractivity contribution in [3.8, 4) is 6.07 Å². The molecule has 2 aromatic rings. The van der Waals surface area contributed by atoms with E-state index in [1.54, 1.807) is 18.2 Å². The van der Waals surface area contributed by atoms with Gasteiger partial charge in [-0.1, -0.05) is 32.0 Å². The molecule has 0 unspecified atom stereocenters. The molecule has 0 fully saturated rings. The molecule has 0 saturated heterocycles. The van der Waals surface area contributed by atoms with Crippen LogP contribution in [0.2, 0.25) is 0 Å². The van der Waals surface area contributed by atoms with E-state index >= 15 is 0 Å². The Hall–Kier alpha value is -2.67. The van der Waals surface area contributed by atoms with Crippen molar-refractivity contribution in [3.63, 3.8) is 0 Å². The maximum absolute atomic E-state index is 10.8. The van der Waals surface area contributed by atoms with E-state index in [9.17, 15) is 10.2 Å². The Balaban J connectivity index is 2.39. The van der Waals surface area contributed by atoms with Gasteiger partial charge in [0, 0.05) is 0 Å². The van der Waals surface area contributed by atoms with Crippen molar-refractivity contribution in [3.05, 3.63) is 58.5 Å². The van der Waals surface area contributed by atoms with Crippen molar-refractivity contribution in [2.75, 3.05) is 5.32 Å². The maximum atomic E-state index is 10.8. The van der Waals surface area contributed by atoms with E-state index in [1.807, 2.05) is 24.3 Å². The third-order valence-corrected chi connectivity index (χ3v) is 3.10. The molecule has 2 rings (SSSR count). The number of anilines is 2. The fourth-order valence-electron chi connectivity index (χ4n) is 1.93. The molecule has 0 bridgehead atoms. The molecule has 0 radical (unpaired) electrons. The third-order valence-electron chi connectivity index (χ3n) is 3.10. The second-order valence-electron chi connectivity index (χ2n) is 4.80. The van der Waals surface area contributed by atoms with Crippen LogP contribution >= 0.6 is 0 Å². The molecule has 2 aromatic carbocycles. The van der Waals surface area contributed by atoms with Crippen LogP contribution in [0.5, 0.6) is 0 Å². The second kappa shape index (κ2) is 5.98. The summed E-state index contributed by atoms with van der Waals surface area (Å²) >= 11 is 0. The first-order valence-electron chi connectivity index (χ1n) is 6.39. The average molecular weight is 265 g/mol. The van der Waals surface area contributed by atoms with Crippen molar-refractivity contribution in [2.24, 2.45) is 5.18 Å². The van der Waals surface area contributed by atoms with E-state index in [1.165, 1.54) is 0 Å². The molecule has 4 heteroatoms. The Labute approximate surface area is 118 Å². The zero-order valence-electron chi connectivity index (χ0n) is 11.4. The van der Waals surface area contributed by atoms with Crippen LogP contribution in [0.1, 0.15) is 30.9 Å². The van der Waals surface area contributed by atoms with Crippen LogP contribution in [0.4, 0.5) is 17.1 Å². The number of hydrogen-bond donors (Lipinski definition) is 1. The number of benzene rings is 2. The number of nitrogens with one attached hydrogen (secondary N) is 1. The first-order valence-corrected chi connectivity index (χ1v) is 6.39. The zero-order chi connectivity index (χ0) is 14.5. The molecular weight excluding hydrogens is 250 g/mol. The van der Waals surface area contributed by atoms with Crippen molar-refractivity contribution in [2.45, 2.75) is 19.8 Å². The average Bonchev–Trinajstić information content (AvgIpc) is 2.48. The van der Waals surface area contributed by atoms with Gasteiger partial charge in [0.25, 0.3) is 0 Å². The molecule has 0 spiro atoms. The molecule has 0 aliphatic heterocycles. The van der Waals surface area contributed by atoms with Gasteiger partial charge in [0.05, 0.1) is 16.9 Å². The van der Waals surface area contributed by atoms with Crippen LogP contribution < -0.4 is 5.32 Å². The largest absolute Gasteiger partial charge is 0.353 e. The molecule has 0 amide bonds. The summed E-state index contributed by atoms with van der Waals surface area (Å²) in [4.78, 5) is 10.8. The lowest BCUT2D eigenvalue weighted by molar-refractivity contribution is 0.866. The van der Waals surface area contributed by atoms with E-state index in [4.69, 9.17) is 0 Å². The number of nitrogens with zero attached hydrogens (tertiary/aromatic N) is 2. The van der Waals surface area contributed by atoms with Gasteiger partial charge >= 0.3 is 0 Å². The number of para-hydroxylation sites is 1.